The molecule has 1 amide bonds. The third kappa shape index (κ3) is 4.92. The van der Waals surface area contributed by atoms with Gasteiger partial charge in [-0.1, -0.05) is 11.6 Å². The Morgan fingerprint density at radius 3 is 2.44 bits per heavy atom. The molecule has 1 unspecified atom stereocenters. The zero-order valence-corrected chi connectivity index (χ0v) is 18.4. The predicted molar refractivity (Wildman–Crippen MR) is 125 cm³/mol. The molecule has 1 heterocycles. The Bertz CT molecular complexity index is 1460. The Labute approximate surface area is 197 Å². The highest BCUT2D eigenvalue weighted by molar-refractivity contribution is 6.33. The second kappa shape index (κ2) is 9.36. The number of halogens is 2. The molecule has 0 radical (unpaired) electrons. The van der Waals surface area contributed by atoms with Crippen molar-refractivity contribution in [2.75, 3.05) is 5.32 Å². The number of carboxylic acid groups (broad SMARTS) is 1. The minimum Gasteiger partial charge on any atom is -0.481 e. The zero-order valence-electron chi connectivity index (χ0n) is 17.7. The Morgan fingerprint density at radius 2 is 1.76 bits per heavy atom. The molecule has 0 aliphatic carbocycles. The topological polar surface area (TPSA) is 106 Å². The highest BCUT2D eigenvalue weighted by Crippen LogP contribution is 2.34. The van der Waals surface area contributed by atoms with E-state index in [1.165, 1.54) is 55.5 Å². The van der Waals surface area contributed by atoms with E-state index in [2.05, 4.69) is 5.32 Å². The van der Waals surface area contributed by atoms with Crippen molar-refractivity contribution < 1.29 is 28.2 Å². The summed E-state index contributed by atoms with van der Waals surface area (Å²) in [5.74, 6) is -1.75. The van der Waals surface area contributed by atoms with Gasteiger partial charge in [-0.25, -0.2) is 14.0 Å². The molecule has 34 heavy (non-hydrogen) atoms. The maximum absolute atomic E-state index is 13.4. The van der Waals surface area contributed by atoms with E-state index in [0.717, 1.165) is 6.07 Å². The molecular weight excluding hydrogens is 465 g/mol. The van der Waals surface area contributed by atoms with Crippen molar-refractivity contribution in [1.29, 1.82) is 0 Å². The fraction of sp³-hybridized carbons (Fsp3) is 0.0800. The lowest BCUT2D eigenvalue weighted by atomic mass is 10.0. The number of fused-ring (bicyclic) bond motifs is 1. The number of carbonyl (C=O) groups is 2. The second-order valence-electron chi connectivity index (χ2n) is 7.39. The predicted octanol–water partition coefficient (Wildman–Crippen LogP) is 5.36. The Hall–Kier alpha value is -4.17. The van der Waals surface area contributed by atoms with E-state index in [0.29, 0.717) is 22.2 Å². The molecule has 4 aromatic rings. The van der Waals surface area contributed by atoms with Crippen LogP contribution in [0.4, 0.5) is 10.1 Å². The number of carbonyl (C=O) groups excluding carboxylic acids is 1. The molecule has 0 saturated heterocycles. The van der Waals surface area contributed by atoms with E-state index in [1.54, 1.807) is 12.1 Å². The van der Waals surface area contributed by atoms with Gasteiger partial charge in [0, 0.05) is 34.3 Å². The summed E-state index contributed by atoms with van der Waals surface area (Å²) < 4.78 is 24.4. The van der Waals surface area contributed by atoms with Gasteiger partial charge in [0.05, 0.1) is 10.6 Å². The average Bonchev–Trinajstić information content (AvgIpc) is 2.78. The molecule has 9 heteroatoms. The first-order valence-corrected chi connectivity index (χ1v) is 10.4. The largest absolute Gasteiger partial charge is 0.481 e. The molecule has 0 saturated carbocycles. The van der Waals surface area contributed by atoms with Crippen LogP contribution in [0, 0.1) is 5.82 Å². The molecule has 0 bridgehead atoms. The average molecular weight is 482 g/mol. The van der Waals surface area contributed by atoms with Crippen LogP contribution < -0.4 is 15.7 Å². The van der Waals surface area contributed by atoms with Crippen LogP contribution in [0.3, 0.4) is 0 Å². The molecular formula is C25H17ClFNO6. The number of amides is 1. The lowest BCUT2D eigenvalue weighted by Gasteiger charge is -2.15. The fourth-order valence-corrected chi connectivity index (χ4v) is 3.61. The first kappa shape index (κ1) is 23.0. The number of hydrogen-bond donors (Lipinski definition) is 2. The molecule has 0 aliphatic heterocycles. The van der Waals surface area contributed by atoms with Gasteiger partial charge in [-0.05, 0) is 61.5 Å². The van der Waals surface area contributed by atoms with Crippen molar-refractivity contribution in [2.24, 2.45) is 0 Å². The standard InChI is InChI=1S/C25H17ClFNO6/c1-13(24(30)28-16-5-2-14(3-6-16)25(31)32)33-17-7-9-19-20(12-23(29)34-22(19)11-17)18-8-4-15(27)10-21(18)26/h2-13H,1H3,(H,28,30)(H,31,32). The van der Waals surface area contributed by atoms with Crippen molar-refractivity contribution in [3.63, 3.8) is 0 Å². The second-order valence-corrected chi connectivity index (χ2v) is 7.80. The summed E-state index contributed by atoms with van der Waals surface area (Å²) in [6, 6.07) is 15.6. The Morgan fingerprint density at radius 1 is 1.03 bits per heavy atom. The summed E-state index contributed by atoms with van der Waals surface area (Å²) in [4.78, 5) is 35.6. The maximum Gasteiger partial charge on any atom is 0.336 e. The first-order valence-electron chi connectivity index (χ1n) is 10.1. The van der Waals surface area contributed by atoms with Crippen LogP contribution in [0.2, 0.25) is 5.02 Å². The highest BCUT2D eigenvalue weighted by Gasteiger charge is 2.17. The lowest BCUT2D eigenvalue weighted by Crippen LogP contribution is -2.30. The first-order chi connectivity index (χ1) is 16.2. The maximum atomic E-state index is 13.4. The van der Waals surface area contributed by atoms with Crippen molar-refractivity contribution in [2.45, 2.75) is 13.0 Å². The highest BCUT2D eigenvalue weighted by atomic mass is 35.5. The van der Waals surface area contributed by atoms with Crippen molar-refractivity contribution >= 4 is 40.1 Å². The number of anilines is 1. The van der Waals surface area contributed by atoms with Crippen LogP contribution in [-0.4, -0.2) is 23.1 Å². The van der Waals surface area contributed by atoms with Gasteiger partial charge in [0.1, 0.15) is 17.1 Å². The van der Waals surface area contributed by atoms with Gasteiger partial charge < -0.3 is 19.6 Å². The minimum absolute atomic E-state index is 0.0984. The summed E-state index contributed by atoms with van der Waals surface area (Å²) in [5, 5.41) is 12.3. The van der Waals surface area contributed by atoms with E-state index in [9.17, 15) is 18.8 Å². The Kier molecular flexibility index (Phi) is 6.34. The van der Waals surface area contributed by atoms with E-state index < -0.39 is 29.4 Å². The monoisotopic (exact) mass is 481 g/mol. The van der Waals surface area contributed by atoms with Crippen molar-refractivity contribution in [3.8, 4) is 16.9 Å². The number of hydrogen-bond acceptors (Lipinski definition) is 5. The van der Waals surface area contributed by atoms with Crippen LogP contribution >= 0.6 is 11.6 Å². The Balaban J connectivity index is 1.56. The van der Waals surface area contributed by atoms with E-state index in [4.69, 9.17) is 25.9 Å². The summed E-state index contributed by atoms with van der Waals surface area (Å²) in [7, 11) is 0. The van der Waals surface area contributed by atoms with Crippen molar-refractivity contribution in [1.82, 2.24) is 0 Å². The quantitative estimate of drug-likeness (QED) is 0.359. The summed E-state index contributed by atoms with van der Waals surface area (Å²) in [6.45, 7) is 1.54. The van der Waals surface area contributed by atoms with Gasteiger partial charge in [-0.3, -0.25) is 4.79 Å². The van der Waals surface area contributed by atoms with Gasteiger partial charge in [-0.15, -0.1) is 0 Å². The summed E-state index contributed by atoms with van der Waals surface area (Å²) in [5.41, 5.74) is 1.03. The van der Waals surface area contributed by atoms with Gasteiger partial charge in [0.2, 0.25) is 0 Å². The SMILES string of the molecule is CC(Oc1ccc2c(-c3ccc(F)cc3Cl)cc(=O)oc2c1)C(=O)Nc1ccc(C(=O)O)cc1. The fourth-order valence-electron chi connectivity index (χ4n) is 3.34. The number of ether oxygens (including phenoxy) is 1. The van der Waals surface area contributed by atoms with Gasteiger partial charge in [0.25, 0.3) is 5.91 Å². The van der Waals surface area contributed by atoms with E-state index in [1.807, 2.05) is 0 Å². The molecule has 0 spiro atoms. The van der Waals surface area contributed by atoms with Crippen molar-refractivity contribution in [3.05, 3.63) is 93.6 Å². The van der Waals surface area contributed by atoms with Crippen LogP contribution in [-0.2, 0) is 4.79 Å². The molecule has 1 atom stereocenters. The molecule has 7 nitrogen and oxygen atoms in total. The summed E-state index contributed by atoms with van der Waals surface area (Å²) >= 11 is 6.17. The smallest absolute Gasteiger partial charge is 0.336 e. The number of nitrogens with one attached hydrogen (secondary N) is 1. The molecule has 0 fully saturated rings. The number of carboxylic acids is 1. The van der Waals surface area contributed by atoms with Crippen LogP contribution in [0.25, 0.3) is 22.1 Å². The zero-order chi connectivity index (χ0) is 24.4. The molecule has 2 N–H and O–H groups in total. The van der Waals surface area contributed by atoms with Crippen LogP contribution in [0.15, 0.2) is 75.9 Å². The molecule has 0 aliphatic rings. The molecule has 4 rings (SSSR count). The van der Waals surface area contributed by atoms with Gasteiger partial charge in [0.15, 0.2) is 6.10 Å². The van der Waals surface area contributed by atoms with Gasteiger partial charge in [-0.2, -0.15) is 0 Å². The van der Waals surface area contributed by atoms with E-state index in [-0.39, 0.29) is 21.9 Å². The molecule has 1 aromatic heterocycles. The number of benzene rings is 3. The van der Waals surface area contributed by atoms with E-state index >= 15 is 0 Å². The normalized spacial score (nSPS) is 11.7. The number of rotatable bonds is 6. The molecule has 172 valence electrons. The lowest BCUT2D eigenvalue weighted by molar-refractivity contribution is -0.122. The van der Waals surface area contributed by atoms with Crippen LogP contribution in [0.5, 0.6) is 5.75 Å². The summed E-state index contributed by atoms with van der Waals surface area (Å²) in [6.07, 6.45) is -0.918. The third-order valence-corrected chi connectivity index (χ3v) is 5.33. The number of aromatic carboxylic acids is 1. The third-order valence-electron chi connectivity index (χ3n) is 5.02. The van der Waals surface area contributed by atoms with Gasteiger partial charge >= 0.3 is 11.6 Å². The minimum atomic E-state index is -1.07. The van der Waals surface area contributed by atoms with Crippen LogP contribution in [0.1, 0.15) is 17.3 Å². The molecule has 3 aromatic carbocycles.